The Kier molecular flexibility index (Phi) is 4.00. The molecule has 0 radical (unpaired) electrons. The van der Waals surface area contributed by atoms with E-state index in [1.807, 2.05) is 0 Å². The molecule has 11 nitrogen and oxygen atoms in total. The van der Waals surface area contributed by atoms with Crippen LogP contribution in [0.1, 0.15) is 46.0 Å². The molecular formula is C27H30O11. The van der Waals surface area contributed by atoms with Gasteiger partial charge in [-0.25, -0.2) is 4.79 Å². The van der Waals surface area contributed by atoms with Crippen molar-refractivity contribution in [2.45, 2.75) is 86.9 Å². The number of ketones is 2. The van der Waals surface area contributed by atoms with Crippen molar-refractivity contribution in [1.29, 1.82) is 0 Å². The molecule has 0 aromatic heterocycles. The predicted molar refractivity (Wildman–Crippen MR) is 121 cm³/mol. The van der Waals surface area contributed by atoms with Crippen LogP contribution in [0, 0.1) is 34.5 Å². The molecule has 0 aromatic rings. The first-order valence-corrected chi connectivity index (χ1v) is 13.4. The van der Waals surface area contributed by atoms with Gasteiger partial charge in [0.1, 0.15) is 11.7 Å². The smallest absolute Gasteiger partial charge is 0.341 e. The van der Waals surface area contributed by atoms with Gasteiger partial charge in [-0.3, -0.25) is 14.4 Å². The zero-order valence-electron chi connectivity index (χ0n) is 21.0. The summed E-state index contributed by atoms with van der Waals surface area (Å²) in [5, 5.41) is 35.4. The summed E-state index contributed by atoms with van der Waals surface area (Å²) in [6.45, 7) is 3.15. The maximum absolute atomic E-state index is 14.7. The molecule has 2 saturated carbocycles. The van der Waals surface area contributed by atoms with E-state index in [1.165, 1.54) is 12.2 Å². The van der Waals surface area contributed by atoms with Gasteiger partial charge in [0, 0.05) is 5.92 Å². The normalized spacial score (nSPS) is 61.3. The number of carbonyl (C=O) groups is 4. The summed E-state index contributed by atoms with van der Waals surface area (Å²) in [4.78, 5) is 54.9. The van der Waals surface area contributed by atoms with Crippen LogP contribution >= 0.6 is 0 Å². The molecule has 5 bridgehead atoms. The lowest BCUT2D eigenvalue weighted by Crippen LogP contribution is -2.76. The summed E-state index contributed by atoms with van der Waals surface area (Å²) in [6.07, 6.45) is -0.605. The lowest BCUT2D eigenvalue weighted by atomic mass is 9.47. The second-order valence-electron chi connectivity index (χ2n) is 13.2. The van der Waals surface area contributed by atoms with Gasteiger partial charge < -0.3 is 34.3 Å². The maximum Gasteiger partial charge on any atom is 0.341 e. The second-order valence-corrected chi connectivity index (χ2v) is 13.2. The number of rotatable bonds is 0. The van der Waals surface area contributed by atoms with Crippen LogP contribution in [0.3, 0.4) is 0 Å². The highest BCUT2D eigenvalue weighted by atomic mass is 16.7. The van der Waals surface area contributed by atoms with Gasteiger partial charge in [0.25, 0.3) is 0 Å². The first kappa shape index (κ1) is 23.7. The average Bonchev–Trinajstić information content (AvgIpc) is 3.20. The van der Waals surface area contributed by atoms with Gasteiger partial charge in [-0.2, -0.15) is 0 Å². The van der Waals surface area contributed by atoms with Crippen molar-refractivity contribution in [1.82, 2.24) is 0 Å². The van der Waals surface area contributed by atoms with Crippen LogP contribution in [0.2, 0.25) is 0 Å². The van der Waals surface area contributed by atoms with Crippen molar-refractivity contribution in [2.24, 2.45) is 34.5 Å². The lowest BCUT2D eigenvalue weighted by molar-refractivity contribution is -0.366. The van der Waals surface area contributed by atoms with Crippen LogP contribution in [0.25, 0.3) is 0 Å². The molecule has 204 valence electrons. The van der Waals surface area contributed by atoms with Gasteiger partial charge in [-0.1, -0.05) is 13.0 Å². The van der Waals surface area contributed by atoms with E-state index in [0.717, 1.165) is 0 Å². The second kappa shape index (κ2) is 6.41. The zero-order valence-corrected chi connectivity index (χ0v) is 21.0. The summed E-state index contributed by atoms with van der Waals surface area (Å²) >= 11 is 0. The Morgan fingerprint density at radius 3 is 2.58 bits per heavy atom. The summed E-state index contributed by atoms with van der Waals surface area (Å²) in [6, 6.07) is 0. The quantitative estimate of drug-likeness (QED) is 0.340. The molecular weight excluding hydrogens is 500 g/mol. The third kappa shape index (κ3) is 2.03. The topological polar surface area (TPSA) is 166 Å². The molecule has 0 amide bonds. The molecule has 13 atom stereocenters. The molecule has 7 fully saturated rings. The Morgan fingerprint density at radius 2 is 1.82 bits per heavy atom. The van der Waals surface area contributed by atoms with Gasteiger partial charge in [0.15, 0.2) is 28.9 Å². The third-order valence-electron chi connectivity index (χ3n) is 12.1. The van der Waals surface area contributed by atoms with Crippen LogP contribution in [0.5, 0.6) is 0 Å². The fourth-order valence-electron chi connectivity index (χ4n) is 10.2. The Hall–Kier alpha value is -2.18. The van der Waals surface area contributed by atoms with Gasteiger partial charge in [-0.15, -0.1) is 0 Å². The van der Waals surface area contributed by atoms with Crippen molar-refractivity contribution in [3.8, 4) is 0 Å². The van der Waals surface area contributed by atoms with Crippen molar-refractivity contribution in [3.63, 3.8) is 0 Å². The number of fused-ring (bicyclic) bond motifs is 5. The van der Waals surface area contributed by atoms with Crippen LogP contribution in [0.4, 0.5) is 0 Å². The number of carbonyl (C=O) groups excluding carboxylic acids is 4. The molecule has 6 unspecified atom stereocenters. The van der Waals surface area contributed by atoms with E-state index in [4.69, 9.17) is 18.9 Å². The number of hydrogen-bond acceptors (Lipinski definition) is 11. The van der Waals surface area contributed by atoms with Crippen LogP contribution in [0.15, 0.2) is 12.2 Å². The van der Waals surface area contributed by atoms with Crippen molar-refractivity contribution in [3.05, 3.63) is 12.2 Å². The number of Topliss-reactive ketones (excluding diaryl/α,β-unsaturated/α-hetero) is 1. The molecule has 11 heteroatoms. The molecule has 5 aliphatic heterocycles. The monoisotopic (exact) mass is 530 g/mol. The highest BCUT2D eigenvalue weighted by Gasteiger charge is 2.90. The van der Waals surface area contributed by atoms with E-state index in [1.54, 1.807) is 13.8 Å². The predicted octanol–water partition coefficient (Wildman–Crippen LogP) is -0.667. The fraction of sp³-hybridized carbons (Fsp3) is 0.778. The van der Waals surface area contributed by atoms with Gasteiger partial charge in [0.05, 0.1) is 30.0 Å². The summed E-state index contributed by atoms with van der Waals surface area (Å²) in [5.74, 6) is -8.22. The zero-order chi connectivity index (χ0) is 26.8. The highest BCUT2D eigenvalue weighted by molar-refractivity contribution is 6.00. The number of ether oxygens (including phenoxy) is 4. The minimum absolute atomic E-state index is 0.0247. The molecule has 3 N–H and O–H groups in total. The number of aliphatic hydroxyl groups excluding tert-OH is 1. The molecule has 38 heavy (non-hydrogen) atoms. The fourth-order valence-corrected chi connectivity index (χ4v) is 10.2. The Bertz CT molecular complexity index is 1280. The molecule has 3 aliphatic carbocycles. The van der Waals surface area contributed by atoms with E-state index < -0.39 is 98.9 Å². The average molecular weight is 531 g/mol. The molecule has 8 rings (SSSR count). The van der Waals surface area contributed by atoms with Crippen LogP contribution in [-0.4, -0.2) is 86.3 Å². The molecule has 0 aromatic carbocycles. The minimum Gasteiger partial charge on any atom is -0.458 e. The number of esters is 2. The molecule has 5 heterocycles. The first-order chi connectivity index (χ1) is 17.8. The van der Waals surface area contributed by atoms with Crippen LogP contribution in [-0.2, 0) is 38.1 Å². The van der Waals surface area contributed by atoms with Crippen LogP contribution < -0.4 is 0 Å². The summed E-state index contributed by atoms with van der Waals surface area (Å²) in [5.41, 5.74) is -8.58. The first-order valence-electron chi connectivity index (χ1n) is 13.4. The number of aliphatic hydroxyl groups is 3. The van der Waals surface area contributed by atoms with Gasteiger partial charge >= 0.3 is 11.9 Å². The van der Waals surface area contributed by atoms with E-state index in [0.29, 0.717) is 0 Å². The van der Waals surface area contributed by atoms with Crippen molar-refractivity contribution >= 4 is 23.5 Å². The number of hydrogen-bond donors (Lipinski definition) is 3. The Morgan fingerprint density at radius 1 is 1.05 bits per heavy atom. The largest absolute Gasteiger partial charge is 0.458 e. The molecule has 2 spiro atoms. The van der Waals surface area contributed by atoms with E-state index >= 15 is 0 Å². The number of allylic oxidation sites excluding steroid dienone is 1. The minimum atomic E-state index is -2.28. The van der Waals surface area contributed by atoms with Crippen molar-refractivity contribution < 1.29 is 53.4 Å². The summed E-state index contributed by atoms with van der Waals surface area (Å²) in [7, 11) is 0. The SMILES string of the molecule is CC12CC3OC(=O)[C@@H]1CO[C@@]14O[C@]5(C3OC(=O)[C@@]5(O)CCC3C1C[C@@H](O)[C@@]1(O)CC=CC(=O)[C@]31C)C2C4=O. The van der Waals surface area contributed by atoms with E-state index in [9.17, 15) is 34.5 Å². The molecule has 5 saturated heterocycles. The van der Waals surface area contributed by atoms with Gasteiger partial charge in [-0.05, 0) is 56.4 Å². The van der Waals surface area contributed by atoms with Gasteiger partial charge in [0.2, 0.25) is 5.79 Å². The standard InChI is InChI=1S/C27H30O11/c1-22-9-14-19-26-17(22)18(30)27(38-26,35-10-13(22)20(31)36-14)12-8-16(29)24(33)6-3-4-15(28)23(24,2)11(12)5-7-25(26,34)21(32)37-19/h3-4,11-14,16-17,19,29,33-34H,5-10H2,1-2H3/t11?,12?,13-,14?,16+,17?,19?,22?,23-,24-,25-,26-,27+/m0/s1. The molecule has 8 aliphatic rings. The van der Waals surface area contributed by atoms with E-state index in [-0.39, 0.29) is 38.7 Å². The van der Waals surface area contributed by atoms with E-state index in [2.05, 4.69) is 0 Å². The third-order valence-corrected chi connectivity index (χ3v) is 12.1. The van der Waals surface area contributed by atoms with Crippen molar-refractivity contribution in [2.75, 3.05) is 6.61 Å². The highest BCUT2D eigenvalue weighted by Crippen LogP contribution is 2.73. The summed E-state index contributed by atoms with van der Waals surface area (Å²) < 4.78 is 24.5. The Labute approximate surface area is 217 Å². The lowest BCUT2D eigenvalue weighted by Gasteiger charge is -2.62. The Balaban J connectivity index is 1.41. The maximum atomic E-state index is 14.7.